The highest BCUT2D eigenvalue weighted by molar-refractivity contribution is 14.1. The summed E-state index contributed by atoms with van der Waals surface area (Å²) in [5, 5.41) is 0. The molecular formula is C9H8INO. The van der Waals surface area contributed by atoms with Gasteiger partial charge in [0.1, 0.15) is 12.6 Å². The van der Waals surface area contributed by atoms with Crippen molar-refractivity contribution < 1.29 is 4.74 Å². The van der Waals surface area contributed by atoms with Crippen LogP contribution in [-0.4, -0.2) is 13.0 Å². The highest BCUT2D eigenvalue weighted by Crippen LogP contribution is 2.24. The molecule has 2 rings (SSSR count). The predicted molar refractivity (Wildman–Crippen MR) is 56.3 cm³/mol. The fourth-order valence-corrected chi connectivity index (χ4v) is 1.96. The van der Waals surface area contributed by atoms with E-state index in [1.54, 1.807) is 0 Å². The quantitative estimate of drug-likeness (QED) is 0.720. The second kappa shape index (κ2) is 3.43. The van der Waals surface area contributed by atoms with E-state index < -0.39 is 0 Å². The highest BCUT2D eigenvalue weighted by atomic mass is 127. The van der Waals surface area contributed by atoms with Crippen molar-refractivity contribution in [2.45, 2.75) is 6.04 Å². The summed E-state index contributed by atoms with van der Waals surface area (Å²) in [4.78, 5) is 4.21. The van der Waals surface area contributed by atoms with Crippen LogP contribution in [-0.2, 0) is 4.74 Å². The summed E-state index contributed by atoms with van der Waals surface area (Å²) in [6.45, 7) is 0.681. The van der Waals surface area contributed by atoms with Crippen LogP contribution < -0.4 is 0 Å². The Bertz CT molecular complexity index is 311. The molecule has 0 amide bonds. The van der Waals surface area contributed by atoms with E-state index >= 15 is 0 Å². The first kappa shape index (κ1) is 8.04. The van der Waals surface area contributed by atoms with E-state index in [1.807, 2.05) is 12.1 Å². The second-order valence-corrected chi connectivity index (χ2v) is 3.79. The first-order valence-corrected chi connectivity index (χ1v) is 4.83. The number of ether oxygens (including phenoxy) is 1. The van der Waals surface area contributed by atoms with Gasteiger partial charge in [0, 0.05) is 3.57 Å². The summed E-state index contributed by atoms with van der Waals surface area (Å²) < 4.78 is 6.32. The van der Waals surface area contributed by atoms with Crippen LogP contribution in [0.4, 0.5) is 0 Å². The molecule has 0 spiro atoms. The smallest absolute Gasteiger partial charge is 0.170 e. The van der Waals surface area contributed by atoms with Crippen LogP contribution in [0.25, 0.3) is 0 Å². The number of hydrogen-bond donors (Lipinski definition) is 0. The molecule has 0 saturated carbocycles. The molecule has 62 valence electrons. The number of nitrogens with zero attached hydrogens (tertiary/aromatic N) is 1. The number of aliphatic imine (C=N–C) groups is 1. The molecule has 3 heteroatoms. The molecular weight excluding hydrogens is 265 g/mol. The molecule has 1 aromatic rings. The standard InChI is InChI=1S/C9H8INO/c10-8-4-2-1-3-7(8)9-5-12-6-11-9/h1-4,6,9H,5H2/t9-/m0/s1. The number of rotatable bonds is 1. The van der Waals surface area contributed by atoms with Gasteiger partial charge in [-0.05, 0) is 34.2 Å². The van der Waals surface area contributed by atoms with Crippen LogP contribution in [0.5, 0.6) is 0 Å². The third-order valence-corrected chi connectivity index (χ3v) is 2.82. The summed E-state index contributed by atoms with van der Waals surface area (Å²) in [7, 11) is 0. The molecule has 0 aromatic heterocycles. The highest BCUT2D eigenvalue weighted by Gasteiger charge is 2.15. The molecule has 0 bridgehead atoms. The van der Waals surface area contributed by atoms with Crippen molar-refractivity contribution in [2.75, 3.05) is 6.61 Å². The molecule has 1 aromatic carbocycles. The minimum atomic E-state index is 0.207. The molecule has 0 radical (unpaired) electrons. The average Bonchev–Trinajstić information content (AvgIpc) is 2.57. The first-order valence-electron chi connectivity index (χ1n) is 3.75. The lowest BCUT2D eigenvalue weighted by Crippen LogP contribution is -1.99. The first-order chi connectivity index (χ1) is 5.88. The predicted octanol–water partition coefficient (Wildman–Crippen LogP) is 2.39. The maximum atomic E-state index is 5.07. The Kier molecular flexibility index (Phi) is 2.30. The molecule has 2 nitrogen and oxygen atoms in total. The van der Waals surface area contributed by atoms with E-state index in [2.05, 4.69) is 39.7 Å². The summed E-state index contributed by atoms with van der Waals surface area (Å²) >= 11 is 2.32. The Morgan fingerprint density at radius 3 is 2.92 bits per heavy atom. The van der Waals surface area contributed by atoms with Gasteiger partial charge >= 0.3 is 0 Å². The van der Waals surface area contributed by atoms with E-state index in [0.29, 0.717) is 6.61 Å². The van der Waals surface area contributed by atoms with Crippen LogP contribution in [0.2, 0.25) is 0 Å². The molecule has 0 fully saturated rings. The number of hydrogen-bond acceptors (Lipinski definition) is 2. The van der Waals surface area contributed by atoms with Crippen molar-refractivity contribution in [1.82, 2.24) is 0 Å². The molecule has 1 aliphatic heterocycles. The lowest BCUT2D eigenvalue weighted by molar-refractivity contribution is 0.330. The van der Waals surface area contributed by atoms with E-state index in [-0.39, 0.29) is 6.04 Å². The zero-order valence-corrected chi connectivity index (χ0v) is 8.56. The molecule has 1 atom stereocenters. The van der Waals surface area contributed by atoms with Gasteiger partial charge in [0.15, 0.2) is 6.40 Å². The van der Waals surface area contributed by atoms with Crippen LogP contribution in [0.1, 0.15) is 11.6 Å². The third kappa shape index (κ3) is 1.46. The topological polar surface area (TPSA) is 21.6 Å². The van der Waals surface area contributed by atoms with Gasteiger partial charge in [0.2, 0.25) is 0 Å². The fraction of sp³-hybridized carbons (Fsp3) is 0.222. The summed E-state index contributed by atoms with van der Waals surface area (Å²) in [5.74, 6) is 0. The minimum Gasteiger partial charge on any atom is -0.481 e. The van der Waals surface area contributed by atoms with Crippen molar-refractivity contribution in [2.24, 2.45) is 4.99 Å². The molecule has 0 saturated heterocycles. The van der Waals surface area contributed by atoms with Gasteiger partial charge in [0.25, 0.3) is 0 Å². The van der Waals surface area contributed by atoms with Crippen LogP contribution in [0, 0.1) is 3.57 Å². The molecule has 0 aliphatic carbocycles. The van der Waals surface area contributed by atoms with Crippen molar-refractivity contribution in [3.05, 3.63) is 33.4 Å². The number of halogens is 1. The summed E-state index contributed by atoms with van der Waals surface area (Å²) in [5.41, 5.74) is 1.26. The molecule has 1 aliphatic rings. The number of benzene rings is 1. The van der Waals surface area contributed by atoms with E-state index in [0.717, 1.165) is 0 Å². The van der Waals surface area contributed by atoms with Crippen molar-refractivity contribution >= 4 is 29.0 Å². The van der Waals surface area contributed by atoms with Gasteiger partial charge in [-0.3, -0.25) is 0 Å². The molecule has 0 N–H and O–H groups in total. The normalized spacial score (nSPS) is 20.9. The minimum absolute atomic E-state index is 0.207. The van der Waals surface area contributed by atoms with E-state index in [9.17, 15) is 0 Å². The largest absolute Gasteiger partial charge is 0.481 e. The summed E-state index contributed by atoms with van der Waals surface area (Å²) in [6, 6.07) is 8.45. The maximum absolute atomic E-state index is 5.07. The average molecular weight is 273 g/mol. The van der Waals surface area contributed by atoms with Crippen LogP contribution in [0.3, 0.4) is 0 Å². The van der Waals surface area contributed by atoms with Crippen LogP contribution >= 0.6 is 22.6 Å². The van der Waals surface area contributed by atoms with Gasteiger partial charge in [-0.15, -0.1) is 0 Å². The molecule has 0 unspecified atom stereocenters. The van der Waals surface area contributed by atoms with Crippen molar-refractivity contribution in [3.8, 4) is 0 Å². The zero-order chi connectivity index (χ0) is 8.39. The Morgan fingerprint density at radius 1 is 1.42 bits per heavy atom. The van der Waals surface area contributed by atoms with Crippen molar-refractivity contribution in [3.63, 3.8) is 0 Å². The molecule has 1 heterocycles. The zero-order valence-electron chi connectivity index (χ0n) is 6.40. The third-order valence-electron chi connectivity index (χ3n) is 1.83. The fourth-order valence-electron chi connectivity index (χ4n) is 1.21. The van der Waals surface area contributed by atoms with E-state index in [4.69, 9.17) is 4.74 Å². The summed E-state index contributed by atoms with van der Waals surface area (Å²) in [6.07, 6.45) is 1.54. The van der Waals surface area contributed by atoms with Gasteiger partial charge < -0.3 is 4.74 Å². The molecule has 12 heavy (non-hydrogen) atoms. The van der Waals surface area contributed by atoms with Gasteiger partial charge in [-0.25, -0.2) is 4.99 Å². The Morgan fingerprint density at radius 2 is 2.25 bits per heavy atom. The van der Waals surface area contributed by atoms with Gasteiger partial charge in [-0.2, -0.15) is 0 Å². The SMILES string of the molecule is Ic1ccccc1[C@@H]1COC=N1. The second-order valence-electron chi connectivity index (χ2n) is 2.63. The lowest BCUT2D eigenvalue weighted by atomic mass is 10.1. The van der Waals surface area contributed by atoms with Gasteiger partial charge in [0.05, 0.1) is 0 Å². The Labute approximate surface area is 84.8 Å². The van der Waals surface area contributed by atoms with Crippen molar-refractivity contribution in [1.29, 1.82) is 0 Å². The monoisotopic (exact) mass is 273 g/mol. The van der Waals surface area contributed by atoms with Gasteiger partial charge in [-0.1, -0.05) is 18.2 Å². The Balaban J connectivity index is 2.33. The Hall–Kier alpha value is -0.580. The van der Waals surface area contributed by atoms with E-state index in [1.165, 1.54) is 15.5 Å². The lowest BCUT2D eigenvalue weighted by Gasteiger charge is -2.07. The maximum Gasteiger partial charge on any atom is 0.170 e. The van der Waals surface area contributed by atoms with Crippen LogP contribution in [0.15, 0.2) is 29.3 Å².